The lowest BCUT2D eigenvalue weighted by Gasteiger charge is -2.32. The maximum atomic E-state index is 12.0. The van der Waals surface area contributed by atoms with Gasteiger partial charge in [-0.15, -0.1) is 0 Å². The zero-order valence-electron chi connectivity index (χ0n) is 10.8. The average Bonchev–Trinajstić information content (AvgIpc) is 2.16. The molecule has 0 spiro atoms. The number of carbonyl (C=O) groups excluding carboxylic acids is 1. The summed E-state index contributed by atoms with van der Waals surface area (Å²) in [7, 11) is 1.65. The number of ether oxygens (including phenoxy) is 1. The van der Waals surface area contributed by atoms with E-state index in [4.69, 9.17) is 4.74 Å². The molecule has 0 aromatic heterocycles. The van der Waals surface area contributed by atoms with Crippen molar-refractivity contribution in [2.24, 2.45) is 5.92 Å². The van der Waals surface area contributed by atoms with Crippen LogP contribution in [0, 0.1) is 5.92 Å². The van der Waals surface area contributed by atoms with E-state index >= 15 is 0 Å². The van der Waals surface area contributed by atoms with Crippen molar-refractivity contribution in [2.75, 3.05) is 20.3 Å². The average molecular weight is 228 g/mol. The quantitative estimate of drug-likeness (QED) is 0.752. The van der Waals surface area contributed by atoms with Crippen LogP contribution < -0.4 is 10.6 Å². The predicted molar refractivity (Wildman–Crippen MR) is 64.3 cm³/mol. The Bertz CT molecular complexity index is 241. The van der Waals surface area contributed by atoms with Crippen molar-refractivity contribution in [2.45, 2.75) is 45.2 Å². The normalized spacial score (nSPS) is 26.5. The molecule has 1 rings (SSSR count). The van der Waals surface area contributed by atoms with Crippen LogP contribution in [0.3, 0.4) is 0 Å². The minimum absolute atomic E-state index is 0.0418. The summed E-state index contributed by atoms with van der Waals surface area (Å²) in [5.74, 6) is 0.719. The molecule has 0 aromatic rings. The predicted octanol–water partition coefficient (Wildman–Crippen LogP) is 0.916. The number of hydrogen-bond acceptors (Lipinski definition) is 3. The van der Waals surface area contributed by atoms with Crippen LogP contribution in [0.1, 0.15) is 33.6 Å². The Morgan fingerprint density at radius 2 is 2.25 bits per heavy atom. The first kappa shape index (κ1) is 13.5. The number of piperidine rings is 1. The molecule has 1 saturated heterocycles. The Balaban J connectivity index is 2.45. The molecule has 1 fully saturated rings. The highest BCUT2D eigenvalue weighted by atomic mass is 16.5. The van der Waals surface area contributed by atoms with Gasteiger partial charge < -0.3 is 15.4 Å². The number of carbonyl (C=O) groups is 1. The van der Waals surface area contributed by atoms with Crippen molar-refractivity contribution in [1.82, 2.24) is 10.6 Å². The van der Waals surface area contributed by atoms with Gasteiger partial charge in [0.2, 0.25) is 5.91 Å². The van der Waals surface area contributed by atoms with Gasteiger partial charge in [-0.1, -0.05) is 6.92 Å². The van der Waals surface area contributed by atoms with Gasteiger partial charge >= 0.3 is 0 Å². The van der Waals surface area contributed by atoms with E-state index < -0.39 is 0 Å². The molecule has 2 atom stereocenters. The Labute approximate surface area is 98.1 Å². The van der Waals surface area contributed by atoms with Crippen LogP contribution in [0.5, 0.6) is 0 Å². The van der Waals surface area contributed by atoms with Gasteiger partial charge in [0.25, 0.3) is 0 Å². The SMILES string of the molecule is COCC(C)(C)NC(=O)C1CC(C)CCN1. The molecule has 0 bridgehead atoms. The van der Waals surface area contributed by atoms with Crippen molar-refractivity contribution in [3.63, 3.8) is 0 Å². The zero-order chi connectivity index (χ0) is 12.2. The molecule has 0 saturated carbocycles. The summed E-state index contributed by atoms with van der Waals surface area (Å²) in [6, 6.07) is -0.0418. The van der Waals surface area contributed by atoms with Crippen LogP contribution in [0.4, 0.5) is 0 Å². The largest absolute Gasteiger partial charge is 0.382 e. The second-order valence-electron chi connectivity index (χ2n) is 5.44. The van der Waals surface area contributed by atoms with Gasteiger partial charge in [-0.05, 0) is 39.2 Å². The summed E-state index contributed by atoms with van der Waals surface area (Å²) in [5.41, 5.74) is -0.297. The summed E-state index contributed by atoms with van der Waals surface area (Å²) in [5, 5.41) is 6.28. The van der Waals surface area contributed by atoms with E-state index in [0.29, 0.717) is 12.5 Å². The Morgan fingerprint density at radius 1 is 1.56 bits per heavy atom. The molecule has 2 N–H and O–H groups in total. The van der Waals surface area contributed by atoms with E-state index in [-0.39, 0.29) is 17.5 Å². The van der Waals surface area contributed by atoms with Gasteiger partial charge in [-0.3, -0.25) is 4.79 Å². The Morgan fingerprint density at radius 3 is 2.81 bits per heavy atom. The van der Waals surface area contributed by atoms with E-state index in [1.807, 2.05) is 13.8 Å². The first-order valence-electron chi connectivity index (χ1n) is 5.99. The molecule has 1 aliphatic rings. The topological polar surface area (TPSA) is 50.4 Å². The second-order valence-corrected chi connectivity index (χ2v) is 5.44. The first-order chi connectivity index (χ1) is 7.44. The number of amides is 1. The highest BCUT2D eigenvalue weighted by Crippen LogP contribution is 2.15. The van der Waals surface area contributed by atoms with Crippen molar-refractivity contribution in [1.29, 1.82) is 0 Å². The second kappa shape index (κ2) is 5.64. The minimum Gasteiger partial charge on any atom is -0.382 e. The fourth-order valence-electron chi connectivity index (χ4n) is 2.12. The molecule has 0 aliphatic carbocycles. The van der Waals surface area contributed by atoms with E-state index in [1.54, 1.807) is 7.11 Å². The lowest BCUT2D eigenvalue weighted by molar-refractivity contribution is -0.126. The maximum absolute atomic E-state index is 12.0. The molecule has 0 radical (unpaired) electrons. The molecule has 1 aliphatic heterocycles. The van der Waals surface area contributed by atoms with Crippen LogP contribution in [-0.4, -0.2) is 37.7 Å². The molecule has 4 heteroatoms. The van der Waals surface area contributed by atoms with Gasteiger partial charge in [0.05, 0.1) is 18.2 Å². The maximum Gasteiger partial charge on any atom is 0.237 e. The standard InChI is InChI=1S/C12H24N2O2/c1-9-5-6-13-10(7-9)11(15)14-12(2,3)8-16-4/h9-10,13H,5-8H2,1-4H3,(H,14,15). The van der Waals surface area contributed by atoms with Gasteiger partial charge in [-0.2, -0.15) is 0 Å². The lowest BCUT2D eigenvalue weighted by atomic mass is 9.93. The van der Waals surface area contributed by atoms with Gasteiger partial charge in [-0.25, -0.2) is 0 Å². The van der Waals surface area contributed by atoms with E-state index in [2.05, 4.69) is 17.6 Å². The Kier molecular flexibility index (Phi) is 4.74. The molecular formula is C12H24N2O2. The fourth-order valence-corrected chi connectivity index (χ4v) is 2.12. The minimum atomic E-state index is -0.297. The molecule has 94 valence electrons. The monoisotopic (exact) mass is 228 g/mol. The third-order valence-corrected chi connectivity index (χ3v) is 2.95. The molecule has 16 heavy (non-hydrogen) atoms. The van der Waals surface area contributed by atoms with Crippen LogP contribution in [0.2, 0.25) is 0 Å². The van der Waals surface area contributed by atoms with Crippen molar-refractivity contribution >= 4 is 5.91 Å². The summed E-state index contributed by atoms with van der Waals surface area (Å²) < 4.78 is 5.08. The highest BCUT2D eigenvalue weighted by molar-refractivity contribution is 5.82. The number of hydrogen-bond donors (Lipinski definition) is 2. The summed E-state index contributed by atoms with van der Waals surface area (Å²) in [4.78, 5) is 12.0. The summed E-state index contributed by atoms with van der Waals surface area (Å²) in [6.45, 7) is 7.60. The number of methoxy groups -OCH3 is 1. The van der Waals surface area contributed by atoms with Crippen LogP contribution in [0.15, 0.2) is 0 Å². The van der Waals surface area contributed by atoms with Gasteiger partial charge in [0.1, 0.15) is 0 Å². The molecule has 0 aromatic carbocycles. The molecular weight excluding hydrogens is 204 g/mol. The molecule has 2 unspecified atom stereocenters. The van der Waals surface area contributed by atoms with E-state index in [1.165, 1.54) is 0 Å². The van der Waals surface area contributed by atoms with E-state index in [9.17, 15) is 4.79 Å². The van der Waals surface area contributed by atoms with Crippen LogP contribution in [-0.2, 0) is 9.53 Å². The first-order valence-corrected chi connectivity index (χ1v) is 5.99. The van der Waals surface area contributed by atoms with Crippen LogP contribution in [0.25, 0.3) is 0 Å². The smallest absolute Gasteiger partial charge is 0.237 e. The molecule has 4 nitrogen and oxygen atoms in total. The van der Waals surface area contributed by atoms with Gasteiger partial charge in [0.15, 0.2) is 0 Å². The number of rotatable bonds is 4. The van der Waals surface area contributed by atoms with Gasteiger partial charge in [0, 0.05) is 7.11 Å². The van der Waals surface area contributed by atoms with Crippen LogP contribution >= 0.6 is 0 Å². The lowest BCUT2D eigenvalue weighted by Crippen LogP contribution is -2.55. The third kappa shape index (κ3) is 4.10. The van der Waals surface area contributed by atoms with Crippen molar-refractivity contribution in [3.8, 4) is 0 Å². The summed E-state index contributed by atoms with van der Waals surface area (Å²) >= 11 is 0. The third-order valence-electron chi connectivity index (χ3n) is 2.95. The number of nitrogens with one attached hydrogen (secondary N) is 2. The zero-order valence-corrected chi connectivity index (χ0v) is 10.8. The molecule has 1 amide bonds. The highest BCUT2D eigenvalue weighted by Gasteiger charge is 2.28. The Hall–Kier alpha value is -0.610. The fraction of sp³-hybridized carbons (Fsp3) is 0.917. The summed E-state index contributed by atoms with van der Waals surface area (Å²) in [6.07, 6.45) is 2.08. The van der Waals surface area contributed by atoms with E-state index in [0.717, 1.165) is 19.4 Å². The van der Waals surface area contributed by atoms with Crippen molar-refractivity contribution < 1.29 is 9.53 Å². The van der Waals surface area contributed by atoms with Crippen molar-refractivity contribution in [3.05, 3.63) is 0 Å². The molecule has 1 heterocycles.